The van der Waals surface area contributed by atoms with Gasteiger partial charge in [-0.05, 0) is 26.3 Å². The van der Waals surface area contributed by atoms with E-state index in [0.717, 1.165) is 6.54 Å². The molecular formula is C9H20N2O. The lowest BCUT2D eigenvalue weighted by Crippen LogP contribution is -2.41. The first-order valence-corrected chi connectivity index (χ1v) is 4.37. The van der Waals surface area contributed by atoms with Gasteiger partial charge in [-0.3, -0.25) is 4.79 Å². The maximum Gasteiger partial charge on any atom is 0.224 e. The smallest absolute Gasteiger partial charge is 0.224 e. The molecule has 1 amide bonds. The van der Waals surface area contributed by atoms with Gasteiger partial charge in [-0.2, -0.15) is 0 Å². The predicted octanol–water partition coefficient (Wildman–Crippen LogP) is 0.743. The molecule has 0 fully saturated rings. The summed E-state index contributed by atoms with van der Waals surface area (Å²) in [5.41, 5.74) is 4.77. The maximum atomic E-state index is 10.9. The number of nitrogens with two attached hydrogens (primary N) is 1. The molecule has 0 saturated carbocycles. The van der Waals surface area contributed by atoms with Crippen LogP contribution in [0, 0.1) is 11.3 Å². The van der Waals surface area contributed by atoms with Gasteiger partial charge in [0.2, 0.25) is 5.91 Å². The molecule has 12 heavy (non-hydrogen) atoms. The number of carbonyl (C=O) groups excluding carboxylic acids is 1. The van der Waals surface area contributed by atoms with Gasteiger partial charge in [0.15, 0.2) is 0 Å². The molecule has 0 aliphatic heterocycles. The lowest BCUT2D eigenvalue weighted by atomic mass is 9.92. The summed E-state index contributed by atoms with van der Waals surface area (Å²) in [6.45, 7) is 9.54. The van der Waals surface area contributed by atoms with Crippen molar-refractivity contribution in [3.05, 3.63) is 0 Å². The normalized spacial score (nSPS) is 12.1. The summed E-state index contributed by atoms with van der Waals surface area (Å²) in [4.78, 5) is 10.9. The van der Waals surface area contributed by atoms with Gasteiger partial charge in [0.25, 0.3) is 0 Å². The van der Waals surface area contributed by atoms with Crippen molar-refractivity contribution in [1.29, 1.82) is 0 Å². The number of nitrogens with one attached hydrogen (secondary N) is 1. The van der Waals surface area contributed by atoms with Crippen LogP contribution in [0.3, 0.4) is 0 Å². The molecule has 0 saturated heterocycles. The molecule has 0 aromatic heterocycles. The van der Waals surface area contributed by atoms with E-state index in [4.69, 9.17) is 5.73 Å². The average Bonchev–Trinajstić information content (AvgIpc) is 1.85. The fourth-order valence-corrected chi connectivity index (χ4v) is 0.760. The van der Waals surface area contributed by atoms with Crippen LogP contribution in [0.5, 0.6) is 0 Å². The predicted molar refractivity (Wildman–Crippen MR) is 50.7 cm³/mol. The third-order valence-electron chi connectivity index (χ3n) is 1.79. The number of amides is 1. The highest BCUT2D eigenvalue weighted by Gasteiger charge is 2.23. The molecule has 72 valence electrons. The van der Waals surface area contributed by atoms with Gasteiger partial charge >= 0.3 is 0 Å². The van der Waals surface area contributed by atoms with Crippen LogP contribution in [0.15, 0.2) is 0 Å². The molecule has 0 aliphatic rings. The first-order chi connectivity index (χ1) is 5.36. The summed E-state index contributed by atoms with van der Waals surface area (Å²) < 4.78 is 0. The first-order valence-electron chi connectivity index (χ1n) is 4.37. The largest absolute Gasteiger partial charge is 0.369 e. The molecule has 0 unspecified atom stereocenters. The Kier molecular flexibility index (Phi) is 4.24. The molecule has 3 heteroatoms. The summed E-state index contributed by atoms with van der Waals surface area (Å²) in [6.07, 6.45) is 0. The van der Waals surface area contributed by atoms with Crippen molar-refractivity contribution in [2.45, 2.75) is 27.7 Å². The van der Waals surface area contributed by atoms with Gasteiger partial charge in [-0.25, -0.2) is 0 Å². The fourth-order valence-electron chi connectivity index (χ4n) is 0.760. The highest BCUT2D eigenvalue weighted by Crippen LogP contribution is 2.11. The van der Waals surface area contributed by atoms with E-state index in [1.807, 2.05) is 13.8 Å². The van der Waals surface area contributed by atoms with Gasteiger partial charge in [-0.1, -0.05) is 13.8 Å². The number of carbonyl (C=O) groups is 1. The summed E-state index contributed by atoms with van der Waals surface area (Å²) in [5, 5.41) is 3.21. The summed E-state index contributed by atoms with van der Waals surface area (Å²) in [7, 11) is 0. The third-order valence-corrected chi connectivity index (χ3v) is 1.79. The number of hydrogen-bond acceptors (Lipinski definition) is 2. The Morgan fingerprint density at radius 2 is 2.00 bits per heavy atom. The molecular weight excluding hydrogens is 152 g/mol. The van der Waals surface area contributed by atoms with E-state index in [9.17, 15) is 4.79 Å². The van der Waals surface area contributed by atoms with Gasteiger partial charge in [0.05, 0.1) is 5.41 Å². The minimum Gasteiger partial charge on any atom is -0.369 e. The summed E-state index contributed by atoms with van der Waals surface area (Å²) >= 11 is 0. The van der Waals surface area contributed by atoms with Crippen LogP contribution in [-0.2, 0) is 4.79 Å². The number of rotatable bonds is 5. The van der Waals surface area contributed by atoms with E-state index in [1.54, 1.807) is 0 Å². The molecule has 0 radical (unpaired) electrons. The number of hydrogen-bond donors (Lipinski definition) is 2. The second kappa shape index (κ2) is 4.45. The van der Waals surface area contributed by atoms with E-state index in [2.05, 4.69) is 19.2 Å². The minimum atomic E-state index is -0.436. The van der Waals surface area contributed by atoms with Crippen LogP contribution in [0.4, 0.5) is 0 Å². The Labute approximate surface area is 74.7 Å². The molecule has 0 spiro atoms. The van der Waals surface area contributed by atoms with Gasteiger partial charge in [0, 0.05) is 6.54 Å². The lowest BCUT2D eigenvalue weighted by Gasteiger charge is -2.21. The third kappa shape index (κ3) is 4.34. The van der Waals surface area contributed by atoms with E-state index in [1.165, 1.54) is 0 Å². The fraction of sp³-hybridized carbons (Fsp3) is 0.889. The SMILES string of the molecule is CC(C)CNCC(C)(C)C(N)=O. The molecule has 0 atom stereocenters. The number of primary amides is 1. The van der Waals surface area contributed by atoms with E-state index in [-0.39, 0.29) is 5.91 Å². The highest BCUT2D eigenvalue weighted by molar-refractivity contribution is 5.80. The van der Waals surface area contributed by atoms with Crippen LogP contribution in [0.25, 0.3) is 0 Å². The van der Waals surface area contributed by atoms with Crippen molar-refractivity contribution >= 4 is 5.91 Å². The second-order valence-corrected chi connectivity index (χ2v) is 4.27. The highest BCUT2D eigenvalue weighted by atomic mass is 16.1. The van der Waals surface area contributed by atoms with Gasteiger partial charge in [-0.15, -0.1) is 0 Å². The Bertz CT molecular complexity index is 153. The van der Waals surface area contributed by atoms with Crippen molar-refractivity contribution < 1.29 is 4.79 Å². The molecule has 0 aromatic rings. The minimum absolute atomic E-state index is 0.251. The average molecular weight is 172 g/mol. The van der Waals surface area contributed by atoms with E-state index >= 15 is 0 Å². The summed E-state index contributed by atoms with van der Waals surface area (Å²) in [5.74, 6) is 0.354. The Morgan fingerprint density at radius 3 is 2.33 bits per heavy atom. The zero-order chi connectivity index (χ0) is 9.78. The molecule has 3 N–H and O–H groups in total. The zero-order valence-corrected chi connectivity index (χ0v) is 8.48. The van der Waals surface area contributed by atoms with Crippen LogP contribution >= 0.6 is 0 Å². The Morgan fingerprint density at radius 1 is 1.50 bits per heavy atom. The molecule has 0 rings (SSSR count). The van der Waals surface area contributed by atoms with Crippen LogP contribution < -0.4 is 11.1 Å². The van der Waals surface area contributed by atoms with Crippen molar-refractivity contribution in [1.82, 2.24) is 5.32 Å². The van der Waals surface area contributed by atoms with Crippen molar-refractivity contribution in [3.63, 3.8) is 0 Å². The molecule has 3 nitrogen and oxygen atoms in total. The van der Waals surface area contributed by atoms with Gasteiger partial charge in [0.1, 0.15) is 0 Å². The molecule has 0 bridgehead atoms. The standard InChI is InChI=1S/C9H20N2O/c1-7(2)5-11-6-9(3,4)8(10)12/h7,11H,5-6H2,1-4H3,(H2,10,12). The lowest BCUT2D eigenvalue weighted by molar-refractivity contribution is -0.125. The van der Waals surface area contributed by atoms with Crippen LogP contribution in [-0.4, -0.2) is 19.0 Å². The monoisotopic (exact) mass is 172 g/mol. The van der Waals surface area contributed by atoms with Crippen LogP contribution in [0.1, 0.15) is 27.7 Å². The van der Waals surface area contributed by atoms with Gasteiger partial charge < -0.3 is 11.1 Å². The molecule has 0 heterocycles. The summed E-state index contributed by atoms with van der Waals surface area (Å²) in [6, 6.07) is 0. The van der Waals surface area contributed by atoms with E-state index < -0.39 is 5.41 Å². The topological polar surface area (TPSA) is 55.1 Å². The van der Waals surface area contributed by atoms with Crippen molar-refractivity contribution in [2.75, 3.05) is 13.1 Å². The van der Waals surface area contributed by atoms with Crippen molar-refractivity contribution in [2.24, 2.45) is 17.1 Å². The van der Waals surface area contributed by atoms with Crippen LogP contribution in [0.2, 0.25) is 0 Å². The maximum absolute atomic E-state index is 10.9. The Balaban J connectivity index is 3.69. The zero-order valence-electron chi connectivity index (χ0n) is 8.48. The first kappa shape index (κ1) is 11.4. The Hall–Kier alpha value is -0.570. The molecule has 0 aromatic carbocycles. The van der Waals surface area contributed by atoms with E-state index in [0.29, 0.717) is 12.5 Å². The van der Waals surface area contributed by atoms with Crippen molar-refractivity contribution in [3.8, 4) is 0 Å². The quantitative estimate of drug-likeness (QED) is 0.642. The second-order valence-electron chi connectivity index (χ2n) is 4.27. The molecule has 0 aliphatic carbocycles.